The first-order valence-electron chi connectivity index (χ1n) is 4.55. The number of rotatable bonds is 2. The molecular weight excluding hydrogens is 196 g/mol. The fraction of sp³-hybridized carbons (Fsp3) is 0.182. The van der Waals surface area contributed by atoms with Gasteiger partial charge in [-0.05, 0) is 30.7 Å². The molecule has 0 bridgehead atoms. The van der Waals surface area contributed by atoms with Gasteiger partial charge in [0.25, 0.3) is 0 Å². The van der Waals surface area contributed by atoms with Gasteiger partial charge in [0.05, 0.1) is 5.52 Å². The number of hydrogen-bond donors (Lipinski definition) is 1. The number of nitrogens with two attached hydrogens (primary N) is 1. The van der Waals surface area contributed by atoms with Crippen LogP contribution < -0.4 is 5.73 Å². The largest absolute Gasteiger partial charge is 0.330 e. The van der Waals surface area contributed by atoms with Crippen LogP contribution in [-0.2, 0) is 6.42 Å². The van der Waals surface area contributed by atoms with Crippen molar-refractivity contribution in [1.82, 2.24) is 4.98 Å². The molecule has 0 saturated carbocycles. The summed E-state index contributed by atoms with van der Waals surface area (Å²) < 4.78 is 0. The van der Waals surface area contributed by atoms with Crippen LogP contribution >= 0.6 is 11.6 Å². The maximum Gasteiger partial charge on any atom is 0.0749 e. The molecule has 1 heterocycles. The van der Waals surface area contributed by atoms with E-state index in [1.54, 1.807) is 6.20 Å². The maximum absolute atomic E-state index is 6.09. The molecule has 0 amide bonds. The van der Waals surface area contributed by atoms with Crippen LogP contribution in [0.2, 0.25) is 5.02 Å². The van der Waals surface area contributed by atoms with Crippen molar-refractivity contribution >= 4 is 22.5 Å². The fourth-order valence-corrected chi connectivity index (χ4v) is 1.81. The molecule has 14 heavy (non-hydrogen) atoms. The van der Waals surface area contributed by atoms with Gasteiger partial charge in [-0.2, -0.15) is 0 Å². The molecule has 0 unspecified atom stereocenters. The highest BCUT2D eigenvalue weighted by Crippen LogP contribution is 2.24. The van der Waals surface area contributed by atoms with Crippen molar-refractivity contribution in [3.63, 3.8) is 0 Å². The van der Waals surface area contributed by atoms with Gasteiger partial charge in [0.15, 0.2) is 0 Å². The van der Waals surface area contributed by atoms with Crippen molar-refractivity contribution in [3.05, 3.63) is 41.0 Å². The highest BCUT2D eigenvalue weighted by atomic mass is 35.5. The SMILES string of the molecule is NCCc1c(Cl)ccc2cccnc12. The van der Waals surface area contributed by atoms with E-state index in [0.717, 1.165) is 27.9 Å². The van der Waals surface area contributed by atoms with E-state index in [0.29, 0.717) is 6.54 Å². The number of halogens is 1. The quantitative estimate of drug-likeness (QED) is 0.820. The van der Waals surface area contributed by atoms with Gasteiger partial charge in [-0.15, -0.1) is 0 Å². The average molecular weight is 207 g/mol. The van der Waals surface area contributed by atoms with Crippen LogP contribution in [0.25, 0.3) is 10.9 Å². The molecule has 1 aromatic heterocycles. The Kier molecular flexibility index (Phi) is 2.66. The van der Waals surface area contributed by atoms with Crippen molar-refractivity contribution in [2.24, 2.45) is 5.73 Å². The minimum atomic E-state index is 0.593. The Morgan fingerprint density at radius 3 is 2.93 bits per heavy atom. The molecule has 0 radical (unpaired) electrons. The lowest BCUT2D eigenvalue weighted by atomic mass is 10.1. The molecule has 72 valence electrons. The Morgan fingerprint density at radius 1 is 1.29 bits per heavy atom. The van der Waals surface area contributed by atoms with Gasteiger partial charge in [0, 0.05) is 16.6 Å². The van der Waals surface area contributed by atoms with Crippen LogP contribution in [0.15, 0.2) is 30.5 Å². The zero-order valence-electron chi connectivity index (χ0n) is 7.70. The molecule has 0 spiro atoms. The lowest BCUT2D eigenvalue weighted by Crippen LogP contribution is -2.04. The number of benzene rings is 1. The van der Waals surface area contributed by atoms with Crippen LogP contribution in [0.3, 0.4) is 0 Å². The Morgan fingerprint density at radius 2 is 2.14 bits per heavy atom. The highest BCUT2D eigenvalue weighted by Gasteiger charge is 2.05. The molecule has 2 aromatic rings. The summed E-state index contributed by atoms with van der Waals surface area (Å²) in [5.74, 6) is 0. The van der Waals surface area contributed by atoms with Crippen LogP contribution in [0.1, 0.15) is 5.56 Å². The molecule has 0 aliphatic rings. The zero-order chi connectivity index (χ0) is 9.97. The van der Waals surface area contributed by atoms with E-state index in [9.17, 15) is 0 Å². The van der Waals surface area contributed by atoms with Crippen LogP contribution in [0.4, 0.5) is 0 Å². The summed E-state index contributed by atoms with van der Waals surface area (Å²) in [6.45, 7) is 0.593. The minimum absolute atomic E-state index is 0.593. The summed E-state index contributed by atoms with van der Waals surface area (Å²) in [4.78, 5) is 4.32. The van der Waals surface area contributed by atoms with Gasteiger partial charge >= 0.3 is 0 Å². The lowest BCUT2D eigenvalue weighted by molar-refractivity contribution is 0.973. The molecule has 0 atom stereocenters. The third-order valence-corrected chi connectivity index (χ3v) is 2.57. The second-order valence-electron chi connectivity index (χ2n) is 3.14. The van der Waals surface area contributed by atoms with Crippen LogP contribution in [-0.4, -0.2) is 11.5 Å². The molecule has 0 aliphatic heterocycles. The van der Waals surface area contributed by atoms with Gasteiger partial charge in [-0.1, -0.05) is 23.7 Å². The van der Waals surface area contributed by atoms with Gasteiger partial charge in [-0.3, -0.25) is 4.98 Å². The standard InChI is InChI=1S/C11H11ClN2/c12-10-4-3-8-2-1-7-14-11(8)9(10)5-6-13/h1-4,7H,5-6,13H2. The Bertz CT molecular complexity index is 454. The van der Waals surface area contributed by atoms with Crippen molar-refractivity contribution < 1.29 is 0 Å². The normalized spacial score (nSPS) is 10.7. The minimum Gasteiger partial charge on any atom is -0.330 e. The second kappa shape index (κ2) is 3.95. The number of pyridine rings is 1. The molecule has 2 rings (SSSR count). The zero-order valence-corrected chi connectivity index (χ0v) is 8.46. The van der Waals surface area contributed by atoms with Crippen molar-refractivity contribution in [2.45, 2.75) is 6.42 Å². The number of fused-ring (bicyclic) bond motifs is 1. The predicted octanol–water partition coefficient (Wildman–Crippen LogP) is 2.39. The average Bonchev–Trinajstić information content (AvgIpc) is 2.23. The van der Waals surface area contributed by atoms with E-state index in [-0.39, 0.29) is 0 Å². The monoisotopic (exact) mass is 206 g/mol. The first-order chi connectivity index (χ1) is 6.83. The number of aromatic nitrogens is 1. The topological polar surface area (TPSA) is 38.9 Å². The van der Waals surface area contributed by atoms with E-state index in [1.807, 2.05) is 24.3 Å². The summed E-state index contributed by atoms with van der Waals surface area (Å²) in [5.41, 5.74) is 7.55. The third kappa shape index (κ3) is 1.59. The van der Waals surface area contributed by atoms with E-state index >= 15 is 0 Å². The summed E-state index contributed by atoms with van der Waals surface area (Å²) in [7, 11) is 0. The summed E-state index contributed by atoms with van der Waals surface area (Å²) in [6.07, 6.45) is 2.55. The number of nitrogens with zero attached hydrogens (tertiary/aromatic N) is 1. The van der Waals surface area contributed by atoms with E-state index in [4.69, 9.17) is 17.3 Å². The molecular formula is C11H11ClN2. The molecule has 0 aliphatic carbocycles. The molecule has 1 aromatic carbocycles. The van der Waals surface area contributed by atoms with Crippen LogP contribution in [0.5, 0.6) is 0 Å². The first kappa shape index (κ1) is 9.44. The van der Waals surface area contributed by atoms with Crippen LogP contribution in [0, 0.1) is 0 Å². The Balaban J connectivity index is 2.69. The number of hydrogen-bond acceptors (Lipinski definition) is 2. The maximum atomic E-state index is 6.09. The first-order valence-corrected chi connectivity index (χ1v) is 4.93. The molecule has 3 heteroatoms. The lowest BCUT2D eigenvalue weighted by Gasteiger charge is -2.06. The van der Waals surface area contributed by atoms with Crippen molar-refractivity contribution in [1.29, 1.82) is 0 Å². The van der Waals surface area contributed by atoms with Crippen molar-refractivity contribution in [2.75, 3.05) is 6.54 Å². The predicted molar refractivity (Wildman–Crippen MR) is 59.5 cm³/mol. The second-order valence-corrected chi connectivity index (χ2v) is 3.55. The van der Waals surface area contributed by atoms with E-state index < -0.39 is 0 Å². The summed E-state index contributed by atoms with van der Waals surface area (Å²) >= 11 is 6.09. The van der Waals surface area contributed by atoms with Gasteiger partial charge < -0.3 is 5.73 Å². The Labute approximate surface area is 87.7 Å². The van der Waals surface area contributed by atoms with Crippen molar-refractivity contribution in [3.8, 4) is 0 Å². The summed E-state index contributed by atoms with van der Waals surface area (Å²) in [6, 6.07) is 7.82. The molecule has 2 N–H and O–H groups in total. The fourth-order valence-electron chi connectivity index (χ4n) is 1.56. The third-order valence-electron chi connectivity index (χ3n) is 2.22. The molecule has 0 saturated heterocycles. The Hall–Kier alpha value is -1.12. The van der Waals surface area contributed by atoms with E-state index in [1.165, 1.54) is 0 Å². The smallest absolute Gasteiger partial charge is 0.0749 e. The molecule has 0 fully saturated rings. The van der Waals surface area contributed by atoms with Gasteiger partial charge in [0.2, 0.25) is 0 Å². The van der Waals surface area contributed by atoms with E-state index in [2.05, 4.69) is 4.98 Å². The van der Waals surface area contributed by atoms with Gasteiger partial charge in [-0.25, -0.2) is 0 Å². The van der Waals surface area contributed by atoms with Gasteiger partial charge in [0.1, 0.15) is 0 Å². The molecule has 2 nitrogen and oxygen atoms in total. The summed E-state index contributed by atoms with van der Waals surface area (Å²) in [5, 5.41) is 1.86. The highest BCUT2D eigenvalue weighted by molar-refractivity contribution is 6.32.